The van der Waals surface area contributed by atoms with E-state index < -0.39 is 29.1 Å². The summed E-state index contributed by atoms with van der Waals surface area (Å²) >= 11 is 13.0. The Labute approximate surface area is 211 Å². The summed E-state index contributed by atoms with van der Waals surface area (Å²) in [5, 5.41) is 5.44. The van der Waals surface area contributed by atoms with Crippen LogP contribution in [0.15, 0.2) is 36.4 Å². The molecule has 0 saturated carbocycles. The SMILES string of the molecule is Cc1cc(NC(=O)NC(=O)c2c(F)cccc2F)c(C)c(Cl)c1Oc1ccc(Cl)c2c1CCCC2. The van der Waals surface area contributed by atoms with Crippen LogP contribution in [0.5, 0.6) is 11.5 Å². The third-order valence-corrected chi connectivity index (χ3v) is 6.77. The van der Waals surface area contributed by atoms with E-state index in [1.165, 1.54) is 0 Å². The fourth-order valence-corrected chi connectivity index (χ4v) is 4.70. The number of carbonyl (C=O) groups is 2. The first kappa shape index (κ1) is 24.9. The van der Waals surface area contributed by atoms with Crippen LogP contribution >= 0.6 is 23.2 Å². The molecule has 182 valence electrons. The van der Waals surface area contributed by atoms with Crippen molar-refractivity contribution in [2.75, 3.05) is 5.32 Å². The Balaban J connectivity index is 1.55. The lowest BCUT2D eigenvalue weighted by molar-refractivity contribution is 0.0959. The third kappa shape index (κ3) is 5.11. The maximum atomic E-state index is 13.8. The smallest absolute Gasteiger partial charge is 0.326 e. The average Bonchev–Trinajstić information content (AvgIpc) is 2.81. The van der Waals surface area contributed by atoms with Crippen LogP contribution in [0.4, 0.5) is 19.3 Å². The number of hydrogen-bond donors (Lipinski definition) is 2. The van der Waals surface area contributed by atoms with Gasteiger partial charge in [0.2, 0.25) is 0 Å². The largest absolute Gasteiger partial charge is 0.455 e. The summed E-state index contributed by atoms with van der Waals surface area (Å²) in [6, 6.07) is 7.31. The number of benzene rings is 3. The number of fused-ring (bicyclic) bond motifs is 1. The molecule has 2 N–H and O–H groups in total. The van der Waals surface area contributed by atoms with Crippen LogP contribution in [0.3, 0.4) is 0 Å². The molecule has 4 rings (SSSR count). The molecule has 0 aromatic heterocycles. The van der Waals surface area contributed by atoms with Gasteiger partial charge in [-0.05, 0) is 92.1 Å². The van der Waals surface area contributed by atoms with Gasteiger partial charge in [0.25, 0.3) is 5.91 Å². The van der Waals surface area contributed by atoms with Crippen LogP contribution in [-0.4, -0.2) is 11.9 Å². The van der Waals surface area contributed by atoms with E-state index in [0.29, 0.717) is 28.3 Å². The number of carbonyl (C=O) groups excluding carboxylic acids is 2. The molecular weight excluding hydrogens is 497 g/mol. The van der Waals surface area contributed by atoms with E-state index in [4.69, 9.17) is 27.9 Å². The Morgan fingerprint density at radius 1 is 0.971 bits per heavy atom. The molecule has 5 nitrogen and oxygen atoms in total. The van der Waals surface area contributed by atoms with E-state index in [1.807, 2.05) is 17.4 Å². The topological polar surface area (TPSA) is 67.4 Å². The number of nitrogens with one attached hydrogen (secondary N) is 2. The molecule has 1 aliphatic rings. The third-order valence-electron chi connectivity index (χ3n) is 5.96. The fraction of sp³-hybridized carbons (Fsp3) is 0.231. The van der Waals surface area contributed by atoms with Crippen molar-refractivity contribution in [1.82, 2.24) is 5.32 Å². The van der Waals surface area contributed by atoms with Gasteiger partial charge in [-0.25, -0.2) is 13.6 Å². The number of amides is 3. The van der Waals surface area contributed by atoms with Crippen molar-refractivity contribution in [3.63, 3.8) is 0 Å². The molecule has 9 heteroatoms. The maximum Gasteiger partial charge on any atom is 0.326 e. The predicted molar refractivity (Wildman–Crippen MR) is 132 cm³/mol. The number of hydrogen-bond acceptors (Lipinski definition) is 3. The van der Waals surface area contributed by atoms with Gasteiger partial charge in [-0.1, -0.05) is 29.3 Å². The molecule has 0 radical (unpaired) electrons. The Hall–Kier alpha value is -3.16. The molecule has 3 aromatic carbocycles. The highest BCUT2D eigenvalue weighted by atomic mass is 35.5. The highest BCUT2D eigenvalue weighted by molar-refractivity contribution is 6.33. The van der Waals surface area contributed by atoms with E-state index >= 15 is 0 Å². The molecule has 3 amide bonds. The summed E-state index contributed by atoms with van der Waals surface area (Å²) in [5.74, 6) is -2.22. The molecule has 0 spiro atoms. The van der Waals surface area contributed by atoms with Crippen molar-refractivity contribution < 1.29 is 23.1 Å². The van der Waals surface area contributed by atoms with Gasteiger partial charge in [-0.15, -0.1) is 0 Å². The first-order chi connectivity index (χ1) is 16.7. The first-order valence-electron chi connectivity index (χ1n) is 11.0. The van der Waals surface area contributed by atoms with Crippen LogP contribution in [0.25, 0.3) is 0 Å². The van der Waals surface area contributed by atoms with Gasteiger partial charge in [0, 0.05) is 10.7 Å². The van der Waals surface area contributed by atoms with E-state index in [2.05, 4.69) is 5.32 Å². The summed E-state index contributed by atoms with van der Waals surface area (Å²) in [5.41, 5.74) is 2.77. The number of urea groups is 1. The van der Waals surface area contributed by atoms with Crippen molar-refractivity contribution in [2.45, 2.75) is 39.5 Å². The first-order valence-corrected chi connectivity index (χ1v) is 11.8. The zero-order chi connectivity index (χ0) is 25.3. The lowest BCUT2D eigenvalue weighted by Crippen LogP contribution is -2.35. The Morgan fingerprint density at radius 2 is 1.63 bits per heavy atom. The predicted octanol–water partition coefficient (Wildman–Crippen LogP) is 7.52. The fourth-order valence-electron chi connectivity index (χ4n) is 4.14. The van der Waals surface area contributed by atoms with Crippen LogP contribution in [0, 0.1) is 25.5 Å². The number of imide groups is 1. The second-order valence-electron chi connectivity index (χ2n) is 8.33. The second kappa shape index (κ2) is 10.2. The Bertz CT molecular complexity index is 1320. The molecule has 0 fully saturated rings. The second-order valence-corrected chi connectivity index (χ2v) is 9.11. The quantitative estimate of drug-likeness (QED) is 0.375. The van der Waals surface area contributed by atoms with E-state index in [9.17, 15) is 18.4 Å². The highest BCUT2D eigenvalue weighted by Crippen LogP contribution is 2.42. The van der Waals surface area contributed by atoms with Gasteiger partial charge >= 0.3 is 6.03 Å². The van der Waals surface area contributed by atoms with Crippen LogP contribution in [-0.2, 0) is 12.8 Å². The summed E-state index contributed by atoms with van der Waals surface area (Å²) in [6.07, 6.45) is 3.87. The molecular formula is C26H22Cl2F2N2O3. The Kier molecular flexibility index (Phi) is 7.28. The number of aryl methyl sites for hydroxylation is 1. The molecule has 3 aromatic rings. The van der Waals surface area contributed by atoms with Gasteiger partial charge in [-0.2, -0.15) is 0 Å². The zero-order valence-corrected chi connectivity index (χ0v) is 20.5. The van der Waals surface area contributed by atoms with Crippen molar-refractivity contribution >= 4 is 40.8 Å². The molecule has 0 saturated heterocycles. The van der Waals surface area contributed by atoms with Crippen molar-refractivity contribution in [3.8, 4) is 11.5 Å². The molecule has 35 heavy (non-hydrogen) atoms. The molecule has 0 heterocycles. The summed E-state index contributed by atoms with van der Waals surface area (Å²) in [4.78, 5) is 24.6. The van der Waals surface area contributed by atoms with Gasteiger partial charge < -0.3 is 10.1 Å². The maximum absolute atomic E-state index is 13.8. The molecule has 0 unspecified atom stereocenters. The summed E-state index contributed by atoms with van der Waals surface area (Å²) < 4.78 is 33.9. The lowest BCUT2D eigenvalue weighted by atomic mass is 9.91. The van der Waals surface area contributed by atoms with Gasteiger partial charge in [-0.3, -0.25) is 10.1 Å². The minimum atomic E-state index is -1.20. The number of rotatable bonds is 4. The van der Waals surface area contributed by atoms with E-state index in [1.54, 1.807) is 19.9 Å². The number of halogens is 4. The summed E-state index contributed by atoms with van der Waals surface area (Å²) in [7, 11) is 0. The van der Waals surface area contributed by atoms with Crippen molar-refractivity contribution in [1.29, 1.82) is 0 Å². The number of ether oxygens (including phenoxy) is 1. The van der Waals surface area contributed by atoms with Gasteiger partial charge in [0.05, 0.1) is 5.02 Å². The van der Waals surface area contributed by atoms with E-state index in [-0.39, 0.29) is 5.02 Å². The minimum absolute atomic E-state index is 0.284. The monoisotopic (exact) mass is 518 g/mol. The lowest BCUT2D eigenvalue weighted by Gasteiger charge is -2.22. The van der Waals surface area contributed by atoms with Crippen LogP contribution < -0.4 is 15.4 Å². The van der Waals surface area contributed by atoms with Gasteiger partial charge in [0.15, 0.2) is 0 Å². The standard InChI is InChI=1S/C26H22Cl2F2N2O3/c1-13-12-20(31-26(34)32-25(33)22-18(29)8-5-9-19(22)30)14(2)23(28)24(13)35-21-11-10-17(27)15-6-3-4-7-16(15)21/h5,8-12H,3-4,6-7H2,1-2H3,(H2,31,32,33,34). The zero-order valence-electron chi connectivity index (χ0n) is 19.0. The van der Waals surface area contributed by atoms with Crippen LogP contribution in [0.1, 0.15) is 45.5 Å². The normalized spacial score (nSPS) is 12.6. The van der Waals surface area contributed by atoms with E-state index in [0.717, 1.165) is 60.0 Å². The van der Waals surface area contributed by atoms with Crippen LogP contribution in [0.2, 0.25) is 10.0 Å². The number of anilines is 1. The molecule has 1 aliphatic carbocycles. The average molecular weight is 519 g/mol. The summed E-state index contributed by atoms with van der Waals surface area (Å²) in [6.45, 7) is 3.45. The molecule has 0 bridgehead atoms. The molecule has 0 aliphatic heterocycles. The van der Waals surface area contributed by atoms with Crippen molar-refractivity contribution in [2.24, 2.45) is 0 Å². The minimum Gasteiger partial charge on any atom is -0.455 e. The van der Waals surface area contributed by atoms with Crippen molar-refractivity contribution in [3.05, 3.63) is 85.9 Å². The molecule has 0 atom stereocenters. The highest BCUT2D eigenvalue weighted by Gasteiger charge is 2.22. The van der Waals surface area contributed by atoms with Gasteiger partial charge in [0.1, 0.15) is 28.7 Å². The Morgan fingerprint density at radius 3 is 2.31 bits per heavy atom.